The molecule has 0 aliphatic heterocycles. The summed E-state index contributed by atoms with van der Waals surface area (Å²) in [5, 5.41) is 1.07. The zero-order chi connectivity index (χ0) is 15.7. The summed E-state index contributed by atoms with van der Waals surface area (Å²) in [7, 11) is 1.62. The number of aromatic amines is 2. The second-order valence-electron chi connectivity index (χ2n) is 4.99. The summed E-state index contributed by atoms with van der Waals surface area (Å²) in [5.74, 6) is 0.942. The van der Waals surface area contributed by atoms with Gasteiger partial charge in [0.1, 0.15) is 11.6 Å². The molecule has 3 rings (SSSR count). The number of methoxy groups -OCH3 is 1. The number of nitrogens with two attached hydrogens (primary N) is 1. The average molecular weight is 300 g/mol. The minimum Gasteiger partial charge on any atom is -0.497 e. The third-order valence-electron chi connectivity index (χ3n) is 3.65. The Morgan fingerprint density at radius 2 is 2.09 bits per heavy atom. The van der Waals surface area contributed by atoms with Crippen molar-refractivity contribution in [3.63, 3.8) is 0 Å². The van der Waals surface area contributed by atoms with Gasteiger partial charge in [0, 0.05) is 35.8 Å². The summed E-state index contributed by atoms with van der Waals surface area (Å²) < 4.78 is 6.54. The van der Waals surface area contributed by atoms with Gasteiger partial charge in [-0.25, -0.2) is 4.79 Å². The van der Waals surface area contributed by atoms with Gasteiger partial charge in [-0.3, -0.25) is 14.3 Å². The van der Waals surface area contributed by atoms with Crippen LogP contribution in [0.3, 0.4) is 0 Å². The molecule has 7 heteroatoms. The van der Waals surface area contributed by atoms with Gasteiger partial charge in [-0.05, 0) is 24.1 Å². The van der Waals surface area contributed by atoms with E-state index in [0.29, 0.717) is 13.0 Å². The molecular weight excluding hydrogens is 284 g/mol. The molecule has 0 fully saturated rings. The molecule has 0 aliphatic rings. The minimum absolute atomic E-state index is 0.162. The molecule has 0 amide bonds. The lowest BCUT2D eigenvalue weighted by Crippen LogP contribution is -2.31. The van der Waals surface area contributed by atoms with Crippen molar-refractivity contribution in [2.24, 2.45) is 0 Å². The van der Waals surface area contributed by atoms with Crippen molar-refractivity contribution >= 4 is 16.7 Å². The molecule has 2 aromatic heterocycles. The number of nitrogen functional groups attached to an aromatic ring is 1. The lowest BCUT2D eigenvalue weighted by molar-refractivity contribution is 0.415. The monoisotopic (exact) mass is 300 g/mol. The number of ether oxygens (including phenoxy) is 1. The fourth-order valence-corrected chi connectivity index (χ4v) is 2.50. The van der Waals surface area contributed by atoms with E-state index in [0.717, 1.165) is 22.2 Å². The van der Waals surface area contributed by atoms with E-state index in [2.05, 4.69) is 9.97 Å². The summed E-state index contributed by atoms with van der Waals surface area (Å²) in [6.07, 6.45) is 2.51. The number of nitrogens with zero attached hydrogens (tertiary/aromatic N) is 1. The number of nitrogens with one attached hydrogen (secondary N) is 2. The normalized spacial score (nSPS) is 11.0. The standard InChI is InChI=1S/C15H16N4O3/c1-22-10-2-3-11-9(8-17-12(11)6-10)4-5-19-13(16)7-14(20)18-15(19)21/h2-3,6-8,17H,4-5,16H2,1H3,(H,18,20,21). The Morgan fingerprint density at radius 1 is 1.27 bits per heavy atom. The van der Waals surface area contributed by atoms with Gasteiger partial charge in [-0.1, -0.05) is 0 Å². The molecule has 1 aromatic carbocycles. The fraction of sp³-hybridized carbons (Fsp3) is 0.200. The van der Waals surface area contributed by atoms with Gasteiger partial charge >= 0.3 is 5.69 Å². The maximum atomic E-state index is 11.8. The molecule has 0 atom stereocenters. The molecule has 0 unspecified atom stereocenters. The third kappa shape index (κ3) is 2.48. The molecule has 2 heterocycles. The number of benzene rings is 1. The summed E-state index contributed by atoms with van der Waals surface area (Å²) in [6, 6.07) is 6.99. The molecule has 0 saturated heterocycles. The van der Waals surface area contributed by atoms with Crippen LogP contribution in [0.15, 0.2) is 40.1 Å². The van der Waals surface area contributed by atoms with Crippen molar-refractivity contribution in [1.29, 1.82) is 0 Å². The van der Waals surface area contributed by atoms with Gasteiger partial charge in [0.2, 0.25) is 0 Å². The highest BCUT2D eigenvalue weighted by molar-refractivity contribution is 5.84. The largest absolute Gasteiger partial charge is 0.497 e. The zero-order valence-electron chi connectivity index (χ0n) is 12.1. The Hall–Kier alpha value is -2.96. The van der Waals surface area contributed by atoms with Gasteiger partial charge in [0.05, 0.1) is 7.11 Å². The first-order valence-electron chi connectivity index (χ1n) is 6.82. The van der Waals surface area contributed by atoms with Gasteiger partial charge in [-0.15, -0.1) is 0 Å². The molecule has 4 N–H and O–H groups in total. The predicted octanol–water partition coefficient (Wildman–Crippen LogP) is 0.851. The highest BCUT2D eigenvalue weighted by Gasteiger charge is 2.07. The molecule has 0 spiro atoms. The molecule has 114 valence electrons. The maximum Gasteiger partial charge on any atom is 0.329 e. The third-order valence-corrected chi connectivity index (χ3v) is 3.65. The van der Waals surface area contributed by atoms with Crippen LogP contribution in [0.25, 0.3) is 10.9 Å². The lowest BCUT2D eigenvalue weighted by atomic mass is 10.1. The van der Waals surface area contributed by atoms with Crippen molar-refractivity contribution in [2.45, 2.75) is 13.0 Å². The number of rotatable bonds is 4. The second-order valence-corrected chi connectivity index (χ2v) is 4.99. The van der Waals surface area contributed by atoms with Crippen LogP contribution in [0.5, 0.6) is 5.75 Å². The topological polar surface area (TPSA) is 106 Å². The number of anilines is 1. The summed E-state index contributed by atoms with van der Waals surface area (Å²) in [5.41, 5.74) is 6.78. The molecule has 22 heavy (non-hydrogen) atoms. The lowest BCUT2D eigenvalue weighted by Gasteiger charge is -2.07. The zero-order valence-corrected chi connectivity index (χ0v) is 12.1. The van der Waals surface area contributed by atoms with Crippen molar-refractivity contribution < 1.29 is 4.74 Å². The second kappa shape index (κ2) is 5.44. The van der Waals surface area contributed by atoms with Crippen LogP contribution in [-0.4, -0.2) is 21.6 Å². The van der Waals surface area contributed by atoms with Crippen LogP contribution >= 0.6 is 0 Å². The van der Waals surface area contributed by atoms with Crippen molar-refractivity contribution in [3.05, 3.63) is 56.9 Å². The van der Waals surface area contributed by atoms with E-state index in [4.69, 9.17) is 10.5 Å². The Kier molecular flexibility index (Phi) is 3.46. The summed E-state index contributed by atoms with van der Waals surface area (Å²) in [4.78, 5) is 28.3. The molecule has 7 nitrogen and oxygen atoms in total. The van der Waals surface area contributed by atoms with E-state index >= 15 is 0 Å². The smallest absolute Gasteiger partial charge is 0.329 e. The van der Waals surface area contributed by atoms with E-state index in [1.54, 1.807) is 7.11 Å². The number of hydrogen-bond donors (Lipinski definition) is 3. The van der Waals surface area contributed by atoms with Crippen LogP contribution in [-0.2, 0) is 13.0 Å². The van der Waals surface area contributed by atoms with Gasteiger partial charge in [0.25, 0.3) is 5.56 Å². The fourth-order valence-electron chi connectivity index (χ4n) is 2.50. The van der Waals surface area contributed by atoms with Crippen LogP contribution in [0, 0.1) is 0 Å². The van der Waals surface area contributed by atoms with Gasteiger partial charge < -0.3 is 15.5 Å². The minimum atomic E-state index is -0.494. The van der Waals surface area contributed by atoms with Gasteiger partial charge in [0.15, 0.2) is 0 Å². The SMILES string of the molecule is COc1ccc2c(CCn3c(N)cc(=O)[nH]c3=O)c[nH]c2c1. The van der Waals surface area contributed by atoms with Crippen LogP contribution in [0.2, 0.25) is 0 Å². The Balaban J connectivity index is 1.89. The first kappa shape index (κ1) is 14.0. The van der Waals surface area contributed by atoms with Crippen molar-refractivity contribution in [2.75, 3.05) is 12.8 Å². The first-order chi connectivity index (χ1) is 10.6. The van der Waals surface area contributed by atoms with Crippen LogP contribution in [0.1, 0.15) is 5.56 Å². The maximum absolute atomic E-state index is 11.8. The number of aryl methyl sites for hydroxylation is 1. The molecule has 0 saturated carbocycles. The van der Waals surface area contributed by atoms with Gasteiger partial charge in [-0.2, -0.15) is 0 Å². The molecule has 3 aromatic rings. The number of fused-ring (bicyclic) bond motifs is 1. The molecule has 0 radical (unpaired) electrons. The van der Waals surface area contributed by atoms with Crippen LogP contribution < -0.4 is 21.7 Å². The summed E-state index contributed by atoms with van der Waals surface area (Å²) >= 11 is 0. The van der Waals surface area contributed by atoms with Crippen molar-refractivity contribution in [3.8, 4) is 5.75 Å². The summed E-state index contributed by atoms with van der Waals surface area (Å²) in [6.45, 7) is 0.389. The average Bonchev–Trinajstić information content (AvgIpc) is 2.88. The quantitative estimate of drug-likeness (QED) is 0.664. The Labute approximate surface area is 125 Å². The Morgan fingerprint density at radius 3 is 2.82 bits per heavy atom. The van der Waals surface area contributed by atoms with E-state index in [9.17, 15) is 9.59 Å². The Bertz CT molecular complexity index is 936. The highest BCUT2D eigenvalue weighted by Crippen LogP contribution is 2.23. The number of H-pyrrole nitrogens is 2. The molecular formula is C15H16N4O3. The van der Waals surface area contributed by atoms with E-state index in [1.807, 2.05) is 24.4 Å². The predicted molar refractivity (Wildman–Crippen MR) is 84.3 cm³/mol. The first-order valence-corrected chi connectivity index (χ1v) is 6.82. The van der Waals surface area contributed by atoms with E-state index in [1.165, 1.54) is 10.6 Å². The van der Waals surface area contributed by atoms with Crippen LogP contribution in [0.4, 0.5) is 5.82 Å². The molecule has 0 bridgehead atoms. The van der Waals surface area contributed by atoms with E-state index in [-0.39, 0.29) is 5.82 Å². The number of hydrogen-bond acceptors (Lipinski definition) is 4. The van der Waals surface area contributed by atoms with E-state index < -0.39 is 11.2 Å². The molecule has 0 aliphatic carbocycles. The number of aromatic nitrogens is 3. The highest BCUT2D eigenvalue weighted by atomic mass is 16.5. The van der Waals surface area contributed by atoms with Crippen molar-refractivity contribution in [1.82, 2.24) is 14.5 Å².